The number of piperidine rings is 1. The lowest BCUT2D eigenvalue weighted by molar-refractivity contribution is 0.0930. The molecular formula is C22H28N4O4S. The van der Waals surface area contributed by atoms with Crippen LogP contribution in [-0.2, 0) is 11.3 Å². The lowest BCUT2D eigenvalue weighted by atomic mass is 9.98. The quantitative estimate of drug-likeness (QED) is 0.733. The molecule has 1 aromatic carbocycles. The molecule has 2 fully saturated rings. The Balaban J connectivity index is 1.11. The molecule has 0 saturated carbocycles. The lowest BCUT2D eigenvalue weighted by Crippen LogP contribution is -2.40. The van der Waals surface area contributed by atoms with Gasteiger partial charge in [0.05, 0.1) is 13.2 Å². The third-order valence-electron chi connectivity index (χ3n) is 5.99. The summed E-state index contributed by atoms with van der Waals surface area (Å²) in [6, 6.07) is 5.33. The summed E-state index contributed by atoms with van der Waals surface area (Å²) in [6.45, 7) is 7.31. The number of hydrogen-bond donors (Lipinski definition) is 1. The average Bonchev–Trinajstić information content (AvgIpc) is 3.47. The molecule has 3 aliphatic rings. The van der Waals surface area contributed by atoms with Gasteiger partial charge in [0, 0.05) is 49.4 Å². The molecule has 3 aliphatic heterocycles. The minimum atomic E-state index is -0.0620. The Kier molecular flexibility index (Phi) is 6.24. The SMILES string of the molecule is O=C(NCC1CCCN(Cc2cnc(N3CCOCC3)s2)C1)c1ccc2c(c1)OCO2. The average molecular weight is 445 g/mol. The Morgan fingerprint density at radius 1 is 1.19 bits per heavy atom. The molecule has 0 aliphatic carbocycles. The third kappa shape index (κ3) is 4.94. The number of thiazole rings is 1. The predicted octanol–water partition coefficient (Wildman–Crippen LogP) is 2.35. The number of aromatic nitrogens is 1. The standard InChI is InChI=1S/C22H28N4O4S/c27-21(17-3-4-19-20(10-17)30-15-29-19)23-11-16-2-1-5-25(13-16)14-18-12-24-22(31-18)26-6-8-28-9-7-26/h3-4,10,12,16H,1-2,5-9,11,13-15H2,(H,23,27). The molecule has 5 rings (SSSR count). The van der Waals surface area contributed by atoms with E-state index in [9.17, 15) is 4.79 Å². The monoisotopic (exact) mass is 444 g/mol. The van der Waals surface area contributed by atoms with Crippen molar-refractivity contribution in [2.45, 2.75) is 19.4 Å². The number of likely N-dealkylation sites (tertiary alicyclic amines) is 1. The largest absolute Gasteiger partial charge is 0.454 e. The van der Waals surface area contributed by atoms with Crippen molar-refractivity contribution < 1.29 is 19.0 Å². The van der Waals surface area contributed by atoms with Crippen LogP contribution in [0.2, 0.25) is 0 Å². The Bertz CT molecular complexity index is 915. The molecule has 0 spiro atoms. The van der Waals surface area contributed by atoms with Gasteiger partial charge in [0.25, 0.3) is 5.91 Å². The second kappa shape index (κ2) is 9.42. The maximum atomic E-state index is 12.6. The van der Waals surface area contributed by atoms with Gasteiger partial charge in [-0.2, -0.15) is 0 Å². The van der Waals surface area contributed by atoms with Gasteiger partial charge in [0.15, 0.2) is 16.6 Å². The van der Waals surface area contributed by atoms with E-state index in [2.05, 4.69) is 20.1 Å². The fourth-order valence-electron chi connectivity index (χ4n) is 4.33. The van der Waals surface area contributed by atoms with Gasteiger partial charge < -0.3 is 24.4 Å². The lowest BCUT2D eigenvalue weighted by Gasteiger charge is -2.32. The molecule has 1 unspecified atom stereocenters. The highest BCUT2D eigenvalue weighted by molar-refractivity contribution is 7.15. The van der Waals surface area contributed by atoms with Gasteiger partial charge in [-0.25, -0.2) is 4.98 Å². The molecule has 0 bridgehead atoms. The van der Waals surface area contributed by atoms with E-state index in [1.54, 1.807) is 29.5 Å². The van der Waals surface area contributed by atoms with Crippen molar-refractivity contribution in [1.82, 2.24) is 15.2 Å². The van der Waals surface area contributed by atoms with E-state index in [0.29, 0.717) is 29.5 Å². The number of anilines is 1. The molecule has 8 nitrogen and oxygen atoms in total. The molecular weight excluding hydrogens is 416 g/mol. The fraction of sp³-hybridized carbons (Fsp3) is 0.545. The van der Waals surface area contributed by atoms with E-state index in [0.717, 1.165) is 63.9 Å². The highest BCUT2D eigenvalue weighted by Gasteiger charge is 2.23. The Hall–Kier alpha value is -2.36. The zero-order valence-electron chi connectivity index (χ0n) is 17.5. The number of fused-ring (bicyclic) bond motifs is 1. The number of nitrogens with zero attached hydrogens (tertiary/aromatic N) is 3. The number of hydrogen-bond acceptors (Lipinski definition) is 8. The zero-order valence-corrected chi connectivity index (χ0v) is 18.4. The Morgan fingerprint density at radius 2 is 2.06 bits per heavy atom. The first-order valence-electron chi connectivity index (χ1n) is 10.9. The first-order chi connectivity index (χ1) is 15.2. The summed E-state index contributed by atoms with van der Waals surface area (Å²) in [5, 5.41) is 4.20. The van der Waals surface area contributed by atoms with Crippen molar-refractivity contribution in [2.24, 2.45) is 5.92 Å². The van der Waals surface area contributed by atoms with Gasteiger partial charge in [0.1, 0.15) is 0 Å². The van der Waals surface area contributed by atoms with Gasteiger partial charge >= 0.3 is 0 Å². The molecule has 4 heterocycles. The van der Waals surface area contributed by atoms with Crippen LogP contribution in [0.25, 0.3) is 0 Å². The minimum absolute atomic E-state index is 0.0620. The summed E-state index contributed by atoms with van der Waals surface area (Å²) >= 11 is 1.79. The topological polar surface area (TPSA) is 76.2 Å². The van der Waals surface area contributed by atoms with E-state index >= 15 is 0 Å². The zero-order chi connectivity index (χ0) is 21.0. The summed E-state index contributed by atoms with van der Waals surface area (Å²) in [4.78, 5) is 23.3. The molecule has 1 N–H and O–H groups in total. The summed E-state index contributed by atoms with van der Waals surface area (Å²) in [5.74, 6) is 1.73. The Morgan fingerprint density at radius 3 is 2.97 bits per heavy atom. The highest BCUT2D eigenvalue weighted by Crippen LogP contribution is 2.32. The summed E-state index contributed by atoms with van der Waals surface area (Å²) in [7, 11) is 0. The van der Waals surface area contributed by atoms with Gasteiger partial charge in [0.2, 0.25) is 6.79 Å². The van der Waals surface area contributed by atoms with Crippen molar-refractivity contribution in [3.8, 4) is 11.5 Å². The van der Waals surface area contributed by atoms with Crippen LogP contribution in [0, 0.1) is 5.92 Å². The Labute approximate surface area is 186 Å². The smallest absolute Gasteiger partial charge is 0.251 e. The third-order valence-corrected chi connectivity index (χ3v) is 7.03. The molecule has 0 radical (unpaired) electrons. The number of amides is 1. The van der Waals surface area contributed by atoms with E-state index in [4.69, 9.17) is 14.2 Å². The van der Waals surface area contributed by atoms with E-state index in [-0.39, 0.29) is 12.7 Å². The molecule has 2 aromatic rings. The van der Waals surface area contributed by atoms with E-state index in [1.807, 2.05) is 6.20 Å². The van der Waals surface area contributed by atoms with Crippen molar-refractivity contribution in [3.05, 3.63) is 34.8 Å². The van der Waals surface area contributed by atoms with Gasteiger partial charge in [-0.15, -0.1) is 11.3 Å². The van der Waals surface area contributed by atoms with Crippen LogP contribution in [0.4, 0.5) is 5.13 Å². The number of morpholine rings is 1. The van der Waals surface area contributed by atoms with Crippen LogP contribution < -0.4 is 19.7 Å². The van der Waals surface area contributed by atoms with Gasteiger partial charge in [-0.1, -0.05) is 0 Å². The first-order valence-corrected chi connectivity index (χ1v) is 11.7. The van der Waals surface area contributed by atoms with Crippen molar-refractivity contribution >= 4 is 22.4 Å². The van der Waals surface area contributed by atoms with Crippen molar-refractivity contribution in [3.63, 3.8) is 0 Å². The van der Waals surface area contributed by atoms with Crippen LogP contribution >= 0.6 is 11.3 Å². The molecule has 9 heteroatoms. The number of carbonyl (C=O) groups is 1. The van der Waals surface area contributed by atoms with E-state index < -0.39 is 0 Å². The number of carbonyl (C=O) groups excluding carboxylic acids is 1. The first kappa shape index (κ1) is 20.5. The highest BCUT2D eigenvalue weighted by atomic mass is 32.1. The maximum Gasteiger partial charge on any atom is 0.251 e. The predicted molar refractivity (Wildman–Crippen MR) is 118 cm³/mol. The molecule has 1 aromatic heterocycles. The molecule has 31 heavy (non-hydrogen) atoms. The summed E-state index contributed by atoms with van der Waals surface area (Å²) < 4.78 is 16.1. The number of rotatable bonds is 6. The van der Waals surface area contributed by atoms with Gasteiger partial charge in [-0.05, 0) is 43.5 Å². The molecule has 166 valence electrons. The second-order valence-electron chi connectivity index (χ2n) is 8.23. The van der Waals surface area contributed by atoms with Crippen molar-refractivity contribution in [2.75, 3.05) is 57.6 Å². The van der Waals surface area contributed by atoms with Crippen LogP contribution in [0.1, 0.15) is 28.1 Å². The van der Waals surface area contributed by atoms with Crippen LogP contribution in [0.5, 0.6) is 11.5 Å². The van der Waals surface area contributed by atoms with E-state index in [1.165, 1.54) is 4.88 Å². The molecule has 1 amide bonds. The summed E-state index contributed by atoms with van der Waals surface area (Å²) in [5.41, 5.74) is 0.609. The normalized spacial score (nSPS) is 21.3. The maximum absolute atomic E-state index is 12.6. The van der Waals surface area contributed by atoms with Crippen LogP contribution in [0.3, 0.4) is 0 Å². The van der Waals surface area contributed by atoms with Crippen LogP contribution in [0.15, 0.2) is 24.4 Å². The number of benzene rings is 1. The summed E-state index contributed by atoms with van der Waals surface area (Å²) in [6.07, 6.45) is 4.31. The molecule has 2 saturated heterocycles. The number of ether oxygens (including phenoxy) is 3. The second-order valence-corrected chi connectivity index (χ2v) is 9.32. The molecule has 1 atom stereocenters. The fourth-order valence-corrected chi connectivity index (χ4v) is 5.33. The van der Waals surface area contributed by atoms with Crippen LogP contribution in [-0.4, -0.2) is 68.5 Å². The van der Waals surface area contributed by atoms with Crippen molar-refractivity contribution in [1.29, 1.82) is 0 Å². The number of nitrogens with one attached hydrogen (secondary N) is 1. The minimum Gasteiger partial charge on any atom is -0.454 e. The van der Waals surface area contributed by atoms with Gasteiger partial charge in [-0.3, -0.25) is 9.69 Å².